The normalized spacial score (nSPS) is 11.3. The number of fused-ring (bicyclic) bond motifs is 4. The van der Waals surface area contributed by atoms with E-state index in [0.717, 1.165) is 66.0 Å². The number of nitrogens with zero attached hydrogens (tertiary/aromatic N) is 3. The van der Waals surface area contributed by atoms with E-state index in [0.29, 0.717) is 17.2 Å². The molecule has 0 atom stereocenters. The molecule has 0 radical (unpaired) electrons. The van der Waals surface area contributed by atoms with Crippen LogP contribution in [0.3, 0.4) is 0 Å². The molecule has 0 fully saturated rings. The fourth-order valence-corrected chi connectivity index (χ4v) is 7.20. The number of rotatable bonds is 7. The SMILES string of the molecule is Cc1ccc2cccc([O][Al]([O]c3ccc(-c4cnc5ccccc5c4)c4ccccc34)[O]c3cccc4ccc(C)nc34)c2n1. The Morgan fingerprint density at radius 3 is 1.78 bits per heavy atom. The van der Waals surface area contributed by atoms with Gasteiger partial charge < -0.3 is 11.4 Å². The molecule has 0 unspecified atom stereocenters. The summed E-state index contributed by atoms with van der Waals surface area (Å²) >= 11 is -2.98. The van der Waals surface area contributed by atoms with Crippen LogP contribution in [0.25, 0.3) is 54.6 Å². The minimum absolute atomic E-state index is 0.616. The quantitative estimate of drug-likeness (QED) is 0.167. The molecule has 6 nitrogen and oxygen atoms in total. The molecular weight excluding hydrogens is 585 g/mol. The number of aryl methyl sites for hydroxylation is 2. The third-order valence-corrected chi connectivity index (χ3v) is 9.44. The van der Waals surface area contributed by atoms with E-state index in [1.54, 1.807) is 0 Å². The number of benzene rings is 5. The summed E-state index contributed by atoms with van der Waals surface area (Å²) in [4.78, 5) is 14.3. The third kappa shape index (κ3) is 5.37. The van der Waals surface area contributed by atoms with Crippen molar-refractivity contribution in [1.29, 1.82) is 0 Å². The van der Waals surface area contributed by atoms with Crippen LogP contribution in [0.1, 0.15) is 11.4 Å². The monoisotopic (exact) mass is 613 g/mol. The second-order valence-electron chi connectivity index (χ2n) is 11.3. The highest BCUT2D eigenvalue weighted by atomic mass is 27.3. The molecule has 3 aromatic heterocycles. The first-order valence-electron chi connectivity index (χ1n) is 15.2. The average Bonchev–Trinajstić information content (AvgIpc) is 3.08. The Hall–Kier alpha value is -5.48. The second kappa shape index (κ2) is 11.8. The first-order valence-corrected chi connectivity index (χ1v) is 16.6. The van der Waals surface area contributed by atoms with Gasteiger partial charge in [0, 0.05) is 44.7 Å². The van der Waals surface area contributed by atoms with Crippen LogP contribution >= 0.6 is 0 Å². The van der Waals surface area contributed by atoms with Crippen LogP contribution in [0.15, 0.2) is 134 Å². The van der Waals surface area contributed by atoms with Gasteiger partial charge in [0.2, 0.25) is 0 Å². The molecule has 220 valence electrons. The van der Waals surface area contributed by atoms with E-state index in [2.05, 4.69) is 30.3 Å². The van der Waals surface area contributed by atoms with Crippen molar-refractivity contribution in [2.45, 2.75) is 13.8 Å². The van der Waals surface area contributed by atoms with Crippen molar-refractivity contribution in [3.05, 3.63) is 145 Å². The molecule has 0 spiro atoms. The predicted octanol–water partition coefficient (Wildman–Crippen LogP) is 9.29. The molecule has 0 aliphatic carbocycles. The summed E-state index contributed by atoms with van der Waals surface area (Å²) in [7, 11) is 0. The van der Waals surface area contributed by atoms with Gasteiger partial charge in [0.15, 0.2) is 0 Å². The Bertz CT molecular complexity index is 2330. The molecule has 0 amide bonds. The van der Waals surface area contributed by atoms with Crippen molar-refractivity contribution >= 4 is 58.6 Å². The zero-order valence-electron chi connectivity index (χ0n) is 25.3. The summed E-state index contributed by atoms with van der Waals surface area (Å²) in [5.41, 5.74) is 6.42. The van der Waals surface area contributed by atoms with Crippen LogP contribution in [0.2, 0.25) is 0 Å². The predicted molar refractivity (Wildman–Crippen MR) is 185 cm³/mol. The van der Waals surface area contributed by atoms with Crippen LogP contribution in [0, 0.1) is 13.8 Å². The lowest BCUT2D eigenvalue weighted by atomic mass is 9.98. The van der Waals surface area contributed by atoms with Gasteiger partial charge in [-0.15, -0.1) is 0 Å². The van der Waals surface area contributed by atoms with Gasteiger partial charge in [-0.05, 0) is 67.3 Å². The number of hydrogen-bond acceptors (Lipinski definition) is 6. The van der Waals surface area contributed by atoms with E-state index >= 15 is 0 Å². The molecule has 0 N–H and O–H groups in total. The zero-order valence-corrected chi connectivity index (χ0v) is 26.5. The lowest BCUT2D eigenvalue weighted by Gasteiger charge is -2.20. The maximum absolute atomic E-state index is 6.78. The lowest BCUT2D eigenvalue weighted by molar-refractivity contribution is 0.311. The van der Waals surface area contributed by atoms with Gasteiger partial charge in [-0.3, -0.25) is 4.98 Å². The summed E-state index contributed by atoms with van der Waals surface area (Å²) < 4.78 is 20.1. The van der Waals surface area contributed by atoms with E-state index in [9.17, 15) is 0 Å². The molecule has 8 rings (SSSR count). The van der Waals surface area contributed by atoms with Crippen LogP contribution in [0.4, 0.5) is 0 Å². The molecule has 0 aliphatic heterocycles. The highest BCUT2D eigenvalue weighted by Gasteiger charge is 2.45. The molecule has 0 aliphatic rings. The van der Waals surface area contributed by atoms with E-state index in [-0.39, 0.29) is 0 Å². The summed E-state index contributed by atoms with van der Waals surface area (Å²) in [5, 5.41) is 5.07. The number of pyridine rings is 3. The van der Waals surface area contributed by atoms with Crippen molar-refractivity contribution in [2.24, 2.45) is 0 Å². The van der Waals surface area contributed by atoms with E-state index in [1.165, 1.54) is 0 Å². The molecular formula is C39H28AlN3O3. The van der Waals surface area contributed by atoms with Gasteiger partial charge >= 0.3 is 15.1 Å². The van der Waals surface area contributed by atoms with E-state index < -0.39 is 15.1 Å². The Labute approximate surface area is 271 Å². The maximum atomic E-state index is 6.78. The van der Waals surface area contributed by atoms with Crippen LogP contribution < -0.4 is 11.4 Å². The standard InChI is InChI=1S/C19H13NO.2C10H9NO.Al/c21-19-10-9-15(16-6-2-3-7-17(16)19)14-11-13-5-1-4-8-18(13)20-12-14;2*1-7-5-6-8-3-2-4-9(12)10(8)11-7;/h1-12,21H;2*2-6,12H,1H3;/q;;;+3/p-3. The van der Waals surface area contributed by atoms with Gasteiger partial charge in [-0.1, -0.05) is 84.9 Å². The van der Waals surface area contributed by atoms with Crippen LogP contribution in [0.5, 0.6) is 17.2 Å². The molecule has 3 heterocycles. The van der Waals surface area contributed by atoms with Crippen molar-refractivity contribution in [2.75, 3.05) is 0 Å². The van der Waals surface area contributed by atoms with Crippen molar-refractivity contribution in [1.82, 2.24) is 15.0 Å². The largest absolute Gasteiger partial charge is 1.20 e. The lowest BCUT2D eigenvalue weighted by Crippen LogP contribution is -2.37. The van der Waals surface area contributed by atoms with Crippen molar-refractivity contribution in [3.63, 3.8) is 0 Å². The van der Waals surface area contributed by atoms with E-state index in [4.69, 9.17) is 26.3 Å². The van der Waals surface area contributed by atoms with Crippen molar-refractivity contribution < 1.29 is 11.4 Å². The maximum Gasteiger partial charge on any atom is 1.20 e. The van der Waals surface area contributed by atoms with Gasteiger partial charge in [0.1, 0.15) is 22.5 Å². The summed E-state index contributed by atoms with van der Waals surface area (Å²) in [6, 6.07) is 42.6. The van der Waals surface area contributed by atoms with Crippen LogP contribution in [-0.2, 0) is 0 Å². The Balaban J connectivity index is 1.22. The van der Waals surface area contributed by atoms with Crippen LogP contribution in [-0.4, -0.2) is 30.1 Å². The zero-order chi connectivity index (χ0) is 31.0. The Morgan fingerprint density at radius 1 is 0.500 bits per heavy atom. The van der Waals surface area contributed by atoms with Gasteiger partial charge in [-0.2, -0.15) is 0 Å². The topological polar surface area (TPSA) is 66.4 Å². The number of hydrogen-bond donors (Lipinski definition) is 0. The molecule has 46 heavy (non-hydrogen) atoms. The molecule has 0 bridgehead atoms. The number of aromatic nitrogens is 3. The summed E-state index contributed by atoms with van der Waals surface area (Å²) in [5.74, 6) is 1.91. The molecule has 5 aromatic carbocycles. The first kappa shape index (κ1) is 28.0. The molecule has 0 saturated heterocycles. The smallest absolute Gasteiger partial charge is 0.577 e. The van der Waals surface area contributed by atoms with E-state index in [1.807, 2.05) is 117 Å². The highest BCUT2D eigenvalue weighted by Crippen LogP contribution is 2.36. The first-order chi connectivity index (χ1) is 22.6. The highest BCUT2D eigenvalue weighted by molar-refractivity contribution is 6.40. The Kier molecular flexibility index (Phi) is 7.19. The minimum Gasteiger partial charge on any atom is -0.577 e. The average molecular weight is 614 g/mol. The molecule has 0 saturated carbocycles. The molecule has 8 aromatic rings. The fourth-order valence-electron chi connectivity index (χ4n) is 5.85. The van der Waals surface area contributed by atoms with Gasteiger partial charge in [0.25, 0.3) is 0 Å². The molecule has 7 heteroatoms. The minimum atomic E-state index is -2.98. The number of para-hydroxylation sites is 3. The Morgan fingerprint density at radius 2 is 1.09 bits per heavy atom. The summed E-state index contributed by atoms with van der Waals surface area (Å²) in [6.07, 6.45) is 1.93. The fraction of sp³-hybridized carbons (Fsp3) is 0.0513. The summed E-state index contributed by atoms with van der Waals surface area (Å²) in [6.45, 7) is 3.95. The third-order valence-electron chi connectivity index (χ3n) is 8.10. The van der Waals surface area contributed by atoms with Crippen molar-refractivity contribution in [3.8, 4) is 28.4 Å². The second-order valence-corrected chi connectivity index (χ2v) is 12.6. The van der Waals surface area contributed by atoms with Gasteiger partial charge in [-0.25, -0.2) is 9.97 Å². The van der Waals surface area contributed by atoms with Gasteiger partial charge in [0.05, 0.1) is 11.3 Å².